The van der Waals surface area contributed by atoms with Gasteiger partial charge in [-0.05, 0) is 25.5 Å². The molecule has 0 radical (unpaired) electrons. The monoisotopic (exact) mass is 326 g/mol. The summed E-state index contributed by atoms with van der Waals surface area (Å²) < 4.78 is 11.5. The first-order valence-corrected chi connectivity index (χ1v) is 8.74. The van der Waals surface area contributed by atoms with Gasteiger partial charge in [0.05, 0.1) is 13.2 Å². The fourth-order valence-electron chi connectivity index (χ4n) is 5.02. The lowest BCUT2D eigenvalue weighted by molar-refractivity contribution is -0.100. The van der Waals surface area contributed by atoms with Crippen molar-refractivity contribution in [2.45, 2.75) is 39.3 Å². The lowest BCUT2D eigenvalue weighted by Crippen LogP contribution is -2.66. The number of hydrogen-bond acceptors (Lipinski definition) is 4. The Kier molecular flexibility index (Phi) is 3.50. The highest BCUT2D eigenvalue weighted by molar-refractivity contribution is 5.95. The van der Waals surface area contributed by atoms with Gasteiger partial charge in [0.1, 0.15) is 11.3 Å². The first kappa shape index (κ1) is 15.7. The molecule has 1 aliphatic heterocycles. The minimum atomic E-state index is 0.165. The standard InChI is InChI=1S/C20H26N2O2/c1-12-11-15(13-7-6-8-16(23-5)17(13)21-12)22(4)18-14-9-10-24-19(14)20(18,2)3/h6-8,11,14,18-19H,9-10H2,1-5H3. The molecular weight excluding hydrogens is 300 g/mol. The molecule has 0 amide bonds. The van der Waals surface area contributed by atoms with Crippen LogP contribution in [0.2, 0.25) is 0 Å². The van der Waals surface area contributed by atoms with E-state index < -0.39 is 0 Å². The zero-order valence-corrected chi connectivity index (χ0v) is 15.2. The van der Waals surface area contributed by atoms with Gasteiger partial charge in [0.2, 0.25) is 0 Å². The predicted molar refractivity (Wildman–Crippen MR) is 96.9 cm³/mol. The minimum Gasteiger partial charge on any atom is -0.494 e. The third-order valence-corrected chi connectivity index (χ3v) is 5.96. The van der Waals surface area contributed by atoms with E-state index in [1.807, 2.05) is 12.1 Å². The number of ether oxygens (including phenoxy) is 2. The molecule has 4 nitrogen and oxygen atoms in total. The summed E-state index contributed by atoms with van der Waals surface area (Å²) in [5.74, 6) is 1.46. The Morgan fingerprint density at radius 2 is 2.12 bits per heavy atom. The molecule has 1 aliphatic carbocycles. The normalized spacial score (nSPS) is 27.6. The molecule has 4 rings (SSSR count). The van der Waals surface area contributed by atoms with Crippen LogP contribution in [0, 0.1) is 18.3 Å². The molecule has 2 aromatic rings. The van der Waals surface area contributed by atoms with Gasteiger partial charge in [-0.3, -0.25) is 0 Å². The number of benzene rings is 1. The summed E-state index contributed by atoms with van der Waals surface area (Å²) in [5.41, 5.74) is 3.36. The van der Waals surface area contributed by atoms with Gasteiger partial charge in [-0.15, -0.1) is 0 Å². The van der Waals surface area contributed by atoms with E-state index in [0.29, 0.717) is 18.1 Å². The number of fused-ring (bicyclic) bond motifs is 2. The Bertz CT molecular complexity index is 787. The average molecular weight is 326 g/mol. The maximum atomic E-state index is 5.97. The van der Waals surface area contributed by atoms with E-state index in [-0.39, 0.29) is 5.41 Å². The number of aromatic nitrogens is 1. The number of hydrogen-bond donors (Lipinski definition) is 0. The first-order chi connectivity index (χ1) is 11.4. The molecule has 4 heteroatoms. The van der Waals surface area contributed by atoms with Gasteiger partial charge in [0.15, 0.2) is 0 Å². The van der Waals surface area contributed by atoms with Gasteiger partial charge in [-0.25, -0.2) is 4.98 Å². The summed E-state index contributed by atoms with van der Waals surface area (Å²) in [5, 5.41) is 1.15. The second kappa shape index (κ2) is 5.35. The molecular formula is C20H26N2O2. The van der Waals surface area contributed by atoms with E-state index in [1.54, 1.807) is 7.11 Å². The Morgan fingerprint density at radius 1 is 1.33 bits per heavy atom. The van der Waals surface area contributed by atoms with Crippen molar-refractivity contribution in [3.63, 3.8) is 0 Å². The lowest BCUT2D eigenvalue weighted by atomic mass is 9.56. The fourth-order valence-corrected chi connectivity index (χ4v) is 5.02. The molecule has 128 valence electrons. The van der Waals surface area contributed by atoms with Gasteiger partial charge in [-0.2, -0.15) is 0 Å². The Hall–Kier alpha value is -1.81. The molecule has 1 aromatic carbocycles. The van der Waals surface area contributed by atoms with Crippen molar-refractivity contribution in [2.24, 2.45) is 11.3 Å². The maximum Gasteiger partial charge on any atom is 0.145 e. The van der Waals surface area contributed by atoms with Crippen LogP contribution < -0.4 is 9.64 Å². The highest BCUT2D eigenvalue weighted by Crippen LogP contribution is 2.55. The maximum absolute atomic E-state index is 5.97. The zero-order valence-electron chi connectivity index (χ0n) is 15.2. The third-order valence-electron chi connectivity index (χ3n) is 5.96. The Balaban J connectivity index is 1.82. The SMILES string of the molecule is COc1cccc2c(N(C)C3C4CCOC4C3(C)C)cc(C)nc12. The third kappa shape index (κ3) is 2.05. The molecule has 1 saturated carbocycles. The molecule has 3 atom stereocenters. The van der Waals surface area contributed by atoms with Crippen LogP contribution in [-0.2, 0) is 4.74 Å². The fraction of sp³-hybridized carbons (Fsp3) is 0.550. The van der Waals surface area contributed by atoms with E-state index in [4.69, 9.17) is 14.5 Å². The minimum absolute atomic E-state index is 0.165. The summed E-state index contributed by atoms with van der Waals surface area (Å²) in [6, 6.07) is 8.85. The van der Waals surface area contributed by atoms with E-state index in [9.17, 15) is 0 Å². The second-order valence-corrected chi connectivity index (χ2v) is 7.76. The average Bonchev–Trinajstić information content (AvgIpc) is 2.99. The molecule has 1 saturated heterocycles. The van der Waals surface area contributed by atoms with Gasteiger partial charge >= 0.3 is 0 Å². The molecule has 24 heavy (non-hydrogen) atoms. The quantitative estimate of drug-likeness (QED) is 0.859. The summed E-state index contributed by atoms with van der Waals surface area (Å²) in [6.45, 7) is 7.61. The second-order valence-electron chi connectivity index (χ2n) is 7.76. The van der Waals surface area contributed by atoms with Crippen molar-refractivity contribution in [3.8, 4) is 5.75 Å². The van der Waals surface area contributed by atoms with Crippen LogP contribution in [0.15, 0.2) is 24.3 Å². The van der Waals surface area contributed by atoms with Crippen molar-refractivity contribution in [2.75, 3.05) is 25.7 Å². The van der Waals surface area contributed by atoms with Crippen LogP contribution in [0.1, 0.15) is 26.0 Å². The molecule has 2 aliphatic rings. The Morgan fingerprint density at radius 3 is 2.88 bits per heavy atom. The zero-order chi connectivity index (χ0) is 17.1. The van der Waals surface area contributed by atoms with Crippen LogP contribution in [0.3, 0.4) is 0 Å². The van der Waals surface area contributed by atoms with Gasteiger partial charge < -0.3 is 14.4 Å². The van der Waals surface area contributed by atoms with Crippen LogP contribution in [0.25, 0.3) is 10.9 Å². The summed E-state index contributed by atoms with van der Waals surface area (Å²) >= 11 is 0. The molecule has 0 spiro atoms. The van der Waals surface area contributed by atoms with Crippen molar-refractivity contribution < 1.29 is 9.47 Å². The van der Waals surface area contributed by atoms with Crippen LogP contribution in [-0.4, -0.2) is 37.9 Å². The topological polar surface area (TPSA) is 34.6 Å². The molecule has 0 N–H and O–H groups in total. The van der Waals surface area contributed by atoms with E-state index in [0.717, 1.165) is 35.4 Å². The number of nitrogens with zero attached hydrogens (tertiary/aromatic N) is 2. The first-order valence-electron chi connectivity index (χ1n) is 8.74. The van der Waals surface area contributed by atoms with Crippen LogP contribution in [0.5, 0.6) is 5.75 Å². The number of rotatable bonds is 3. The smallest absolute Gasteiger partial charge is 0.145 e. The van der Waals surface area contributed by atoms with Crippen molar-refractivity contribution >= 4 is 16.6 Å². The summed E-state index contributed by atoms with van der Waals surface area (Å²) in [7, 11) is 3.92. The molecule has 2 heterocycles. The van der Waals surface area contributed by atoms with Gasteiger partial charge in [0, 0.05) is 47.8 Å². The van der Waals surface area contributed by atoms with Crippen molar-refractivity contribution in [1.82, 2.24) is 4.98 Å². The molecule has 2 fully saturated rings. The molecule has 1 aromatic heterocycles. The van der Waals surface area contributed by atoms with Gasteiger partial charge in [-0.1, -0.05) is 26.0 Å². The van der Waals surface area contributed by atoms with E-state index in [1.165, 1.54) is 5.69 Å². The molecule has 0 bridgehead atoms. The summed E-state index contributed by atoms with van der Waals surface area (Å²) in [6.07, 6.45) is 1.56. The predicted octanol–water partition coefficient (Wildman–Crippen LogP) is 3.80. The summed E-state index contributed by atoms with van der Waals surface area (Å²) in [4.78, 5) is 7.17. The highest BCUT2D eigenvalue weighted by Gasteiger charge is 2.60. The number of para-hydroxylation sites is 1. The Labute approximate surface area is 143 Å². The van der Waals surface area contributed by atoms with E-state index in [2.05, 4.69) is 44.9 Å². The number of aryl methyl sites for hydroxylation is 1. The largest absolute Gasteiger partial charge is 0.494 e. The van der Waals surface area contributed by atoms with Crippen LogP contribution in [0.4, 0.5) is 5.69 Å². The van der Waals surface area contributed by atoms with E-state index >= 15 is 0 Å². The van der Waals surface area contributed by atoms with Crippen molar-refractivity contribution in [3.05, 3.63) is 30.0 Å². The van der Waals surface area contributed by atoms with Crippen LogP contribution >= 0.6 is 0 Å². The molecule has 3 unspecified atom stereocenters. The van der Waals surface area contributed by atoms with Crippen molar-refractivity contribution in [1.29, 1.82) is 0 Å². The number of pyridine rings is 1. The lowest BCUT2D eigenvalue weighted by Gasteiger charge is -2.58. The number of anilines is 1. The highest BCUT2D eigenvalue weighted by atomic mass is 16.5. The number of methoxy groups -OCH3 is 1. The van der Waals surface area contributed by atoms with Gasteiger partial charge in [0.25, 0.3) is 0 Å².